The highest BCUT2D eigenvalue weighted by atomic mass is 16.4. The van der Waals surface area contributed by atoms with E-state index in [0.717, 1.165) is 53.4 Å². The first kappa shape index (κ1) is 120. The number of amides is 24. The third-order valence-electron chi connectivity index (χ3n) is 19.3. The van der Waals surface area contributed by atoms with Crippen molar-refractivity contribution in [3.63, 3.8) is 0 Å². The van der Waals surface area contributed by atoms with E-state index in [-0.39, 0.29) is 25.8 Å². The molecule has 1 aromatic rings. The third kappa shape index (κ3) is 42.6. The molecule has 2 heterocycles. The Balaban J connectivity index is 1.81. The van der Waals surface area contributed by atoms with Crippen LogP contribution in [0.4, 0.5) is 0 Å². The van der Waals surface area contributed by atoms with Crippen LogP contribution in [0.25, 0.3) is 0 Å². The van der Waals surface area contributed by atoms with Crippen molar-refractivity contribution in [2.24, 2.45) is 5.73 Å². The first-order chi connectivity index (χ1) is 64.8. The standard InChI is InChI=1S/C75H121N27O36/c1-30(61(123)80-15-47(114)78-17-49(116)88-31(2)62(124)81-19-52(119)92-40(24-103)63(125)82-16-48(115)79-23-55(122)102-11-9-10-45(102)69(131)94-42(26-105)65(127)83-20-51(118)91-39(12-38-14-77-29-87-38)67(129)90-32(3)75(137)138)89-50(117)18-86-70(132)56(33(4)108)98-53(120)21-84-64(126)41(25-104)93-68(130)44(28-107)96-72(134)59(36(7)111)100-74(136)60(37(8)112)101-73(135)58(35(6)110)99-54(121)22-85-66(128)43(27-106)95-71(133)57(34(5)109)97-46(113)13-76/h14,29-37,39-45,56-60,103-112H,9-13,15-28,76H2,1-8H3,(H,77,87)(H,78,114)(H,79,115)(H,80,123)(H,81,124)(H,82,125)(H,83,127)(H,84,126)(H,85,128)(H,86,132)(H,88,116)(H,89,117)(H,90,129)(H,91,118)(H,92,119)(H,93,130)(H,94,131)(H,95,133)(H,96,134)(H,97,113)(H,98,120)(H,99,121)(H,100,136)(H,101,135)(H,137,138)/t30-,31-,32-,33+,34+,35+,36+,37+,39-,40-,41-,42-,43-,44-,45-,56-,57-,58-,59-,60-/m0/s1. The Hall–Kier alpha value is -14.5. The number of nitrogens with one attached hydrogen (secondary N) is 24. The zero-order valence-electron chi connectivity index (χ0n) is 75.7. The molecule has 1 aliphatic heterocycles. The van der Waals surface area contributed by atoms with Gasteiger partial charge < -0.3 is 194 Å². The summed E-state index contributed by atoms with van der Waals surface area (Å²) < 4.78 is 0. The fourth-order valence-electron chi connectivity index (χ4n) is 11.6. The van der Waals surface area contributed by atoms with Crippen LogP contribution in [0, 0.1) is 0 Å². The molecule has 138 heavy (non-hydrogen) atoms. The molecule has 0 aliphatic carbocycles. The number of imidazole rings is 1. The van der Waals surface area contributed by atoms with Crippen LogP contribution in [0.5, 0.6) is 0 Å². The minimum absolute atomic E-state index is 0.00756. The molecule has 0 spiro atoms. The molecule has 0 bridgehead atoms. The van der Waals surface area contributed by atoms with Gasteiger partial charge in [-0.15, -0.1) is 0 Å². The van der Waals surface area contributed by atoms with Crippen LogP contribution in [0.2, 0.25) is 0 Å². The molecule has 1 aliphatic rings. The monoisotopic (exact) mass is 1980 g/mol. The molecule has 1 aromatic heterocycles. The lowest BCUT2D eigenvalue weighted by Gasteiger charge is -2.29. The van der Waals surface area contributed by atoms with E-state index in [1.807, 2.05) is 42.5 Å². The summed E-state index contributed by atoms with van der Waals surface area (Å²) >= 11 is 0. The van der Waals surface area contributed by atoms with E-state index in [1.54, 1.807) is 0 Å². The smallest absolute Gasteiger partial charge is 0.325 e. The molecule has 63 heteroatoms. The van der Waals surface area contributed by atoms with Gasteiger partial charge in [0.2, 0.25) is 142 Å². The van der Waals surface area contributed by atoms with Crippen molar-refractivity contribution < 1.29 is 176 Å². The van der Waals surface area contributed by atoms with Gasteiger partial charge in [0.25, 0.3) is 0 Å². The molecule has 24 amide bonds. The molecular weight excluding hydrogens is 1850 g/mol. The van der Waals surface area contributed by atoms with E-state index >= 15 is 0 Å². The number of carbonyl (C=O) groups excluding carboxylic acids is 24. The number of aromatic amines is 1. The number of carboxylic acids is 1. The van der Waals surface area contributed by atoms with Gasteiger partial charge in [0.05, 0.1) is 135 Å². The Morgan fingerprint density at radius 2 is 0.630 bits per heavy atom. The number of H-pyrrole nitrogens is 1. The van der Waals surface area contributed by atoms with Crippen molar-refractivity contribution in [3.05, 3.63) is 18.2 Å². The number of carboxylic acid groups (broad SMARTS) is 1. The number of hydrogen-bond acceptors (Lipinski definition) is 37. The highest BCUT2D eigenvalue weighted by molar-refractivity contribution is 6.02. The summed E-state index contributed by atoms with van der Waals surface area (Å²) in [5.74, 6) is -27.9. The summed E-state index contributed by atoms with van der Waals surface area (Å²) in [7, 11) is 0. The van der Waals surface area contributed by atoms with Gasteiger partial charge in [0.15, 0.2) is 0 Å². The maximum absolute atomic E-state index is 13.5. The lowest BCUT2D eigenvalue weighted by atomic mass is 10.1. The summed E-state index contributed by atoms with van der Waals surface area (Å²) in [4.78, 5) is 329. The van der Waals surface area contributed by atoms with Gasteiger partial charge in [0, 0.05) is 24.9 Å². The number of aromatic nitrogens is 2. The van der Waals surface area contributed by atoms with E-state index < -0.39 is 367 Å². The Morgan fingerprint density at radius 3 is 1.01 bits per heavy atom. The molecule has 0 aromatic carbocycles. The second kappa shape index (κ2) is 60.8. The topological polar surface area (TPSA) is 984 Å². The lowest BCUT2D eigenvalue weighted by Crippen LogP contribution is -2.64. The second-order valence-electron chi connectivity index (χ2n) is 30.7. The quantitative estimate of drug-likeness (QED) is 0.0288. The summed E-state index contributed by atoms with van der Waals surface area (Å²) in [6, 6.07) is -25.5. The molecule has 63 nitrogen and oxygen atoms in total. The minimum atomic E-state index is -2.11. The van der Waals surface area contributed by atoms with Gasteiger partial charge in [-0.3, -0.25) is 120 Å². The fraction of sp³-hybridized carbons (Fsp3) is 0.627. The van der Waals surface area contributed by atoms with Crippen LogP contribution < -0.4 is 128 Å². The lowest BCUT2D eigenvalue weighted by molar-refractivity contribution is -0.141. The SMILES string of the molecule is C[C@H](NC(=O)[C@H](Cc1cnc[nH]1)NC(=O)CNC(=O)[C@H](CO)NC(=O)[C@@H]1CCCN1C(=O)CNC(=O)CNC(=O)[C@H](CO)NC(=O)CNC(=O)[C@H](C)NC(=O)CNC(=O)CNC(=O)[C@H](C)NC(=O)CNC(=O)[C@@H](NC(=O)CNC(=O)[C@H](CO)NC(=O)[C@H](CO)NC(=O)[C@@H](NC(=O)[C@@H](NC(=O)[C@@H](NC(=O)CNC(=O)[C@H](CO)NC(=O)[C@@H](NC(=O)CN)[C@@H](C)O)[C@@H](C)O)[C@@H](C)O)[C@@H](C)O)[C@@H](C)O)C(=O)O. The number of nitrogens with zero attached hydrogens (tertiary/aromatic N) is 2. The molecule has 2 rings (SSSR count). The highest BCUT2D eigenvalue weighted by Crippen LogP contribution is 2.18. The summed E-state index contributed by atoms with van der Waals surface area (Å²) in [5.41, 5.74) is 5.60. The van der Waals surface area contributed by atoms with Crippen molar-refractivity contribution in [1.82, 2.24) is 137 Å². The molecule has 20 atom stereocenters. The van der Waals surface area contributed by atoms with Crippen LogP contribution in [0.15, 0.2) is 12.5 Å². The summed E-state index contributed by atoms with van der Waals surface area (Å²) in [5, 5.41) is 159. The first-order valence-electron chi connectivity index (χ1n) is 42.1. The summed E-state index contributed by atoms with van der Waals surface area (Å²) in [6.45, 7) is -5.39. The Bertz CT molecular complexity index is 4450. The minimum Gasteiger partial charge on any atom is -0.480 e. The zero-order chi connectivity index (χ0) is 105. The molecule has 0 saturated carbocycles. The van der Waals surface area contributed by atoms with Crippen molar-refractivity contribution in [1.29, 1.82) is 0 Å². The van der Waals surface area contributed by atoms with Gasteiger partial charge in [-0.25, -0.2) is 4.98 Å². The number of aliphatic hydroxyl groups excluding tert-OH is 10. The number of likely N-dealkylation sites (tertiary alicyclic amines) is 1. The van der Waals surface area contributed by atoms with Crippen LogP contribution in [0.3, 0.4) is 0 Å². The number of rotatable bonds is 60. The predicted molar refractivity (Wildman–Crippen MR) is 459 cm³/mol. The first-order valence-corrected chi connectivity index (χ1v) is 42.1. The van der Waals surface area contributed by atoms with E-state index in [9.17, 15) is 176 Å². The average molecular weight is 1980 g/mol. The number of aliphatic hydroxyl groups is 10. The molecule has 772 valence electrons. The van der Waals surface area contributed by atoms with Gasteiger partial charge in [0.1, 0.15) is 90.6 Å². The Kier molecular flexibility index (Phi) is 52.7. The Labute approximate surface area is 783 Å². The number of hydrogen-bond donors (Lipinski definition) is 36. The maximum Gasteiger partial charge on any atom is 0.325 e. The van der Waals surface area contributed by atoms with E-state index in [1.165, 1.54) is 19.4 Å². The third-order valence-corrected chi connectivity index (χ3v) is 19.3. The predicted octanol–water partition coefficient (Wildman–Crippen LogP) is -24.3. The largest absolute Gasteiger partial charge is 0.480 e. The molecular formula is C75H121N27O36. The zero-order valence-corrected chi connectivity index (χ0v) is 75.7. The molecule has 0 radical (unpaired) electrons. The van der Waals surface area contributed by atoms with Crippen LogP contribution in [-0.2, 0) is 126 Å². The molecule has 0 unspecified atom stereocenters. The number of nitrogens with two attached hydrogens (primary N) is 1. The molecule has 1 saturated heterocycles. The van der Waals surface area contributed by atoms with Crippen molar-refractivity contribution in [2.45, 2.75) is 196 Å². The molecule has 37 N–H and O–H groups in total. The fourth-order valence-corrected chi connectivity index (χ4v) is 11.6. The highest BCUT2D eigenvalue weighted by Gasteiger charge is 2.41. The van der Waals surface area contributed by atoms with Gasteiger partial charge in [-0.2, -0.15) is 0 Å². The van der Waals surface area contributed by atoms with Crippen LogP contribution in [0.1, 0.15) is 73.9 Å². The van der Waals surface area contributed by atoms with E-state index in [2.05, 4.69) is 89.7 Å². The van der Waals surface area contributed by atoms with E-state index in [4.69, 9.17) is 5.73 Å². The second-order valence-corrected chi connectivity index (χ2v) is 30.7. The number of aliphatic carboxylic acids is 1. The van der Waals surface area contributed by atoms with E-state index in [0.29, 0.717) is 5.69 Å². The molecule has 1 fully saturated rings. The van der Waals surface area contributed by atoms with Crippen LogP contribution in [-0.4, -0.2) is 445 Å². The van der Waals surface area contributed by atoms with Crippen molar-refractivity contribution in [3.8, 4) is 0 Å². The summed E-state index contributed by atoms with van der Waals surface area (Å²) in [6.07, 6.45) is -5.95. The normalized spacial score (nSPS) is 16.1. The van der Waals surface area contributed by atoms with Crippen molar-refractivity contribution >= 4 is 148 Å². The van der Waals surface area contributed by atoms with Crippen LogP contribution >= 0.6 is 0 Å². The Morgan fingerprint density at radius 1 is 0.333 bits per heavy atom. The number of carbonyl (C=O) groups is 25. The van der Waals surface area contributed by atoms with Gasteiger partial charge >= 0.3 is 5.97 Å². The van der Waals surface area contributed by atoms with Gasteiger partial charge in [-0.1, -0.05) is 0 Å². The van der Waals surface area contributed by atoms with Gasteiger partial charge in [-0.05, 0) is 68.2 Å². The average Bonchev–Trinajstić information content (AvgIpc) is 1.79. The maximum atomic E-state index is 13.5. The van der Waals surface area contributed by atoms with Crippen molar-refractivity contribution in [2.75, 3.05) is 105 Å².